The molecule has 0 spiro atoms. The minimum atomic E-state index is 0.709. The Morgan fingerprint density at radius 2 is 2.22 bits per heavy atom. The van der Waals surface area contributed by atoms with Crippen LogP contribution in [0.3, 0.4) is 0 Å². The van der Waals surface area contributed by atoms with Gasteiger partial charge in [0.25, 0.3) is 0 Å². The van der Waals surface area contributed by atoms with E-state index in [1.807, 2.05) is 24.3 Å². The minimum Gasteiger partial charge on any atom is -0.340 e. The topological polar surface area (TPSA) is 49.8 Å². The Labute approximate surface area is 110 Å². The van der Waals surface area contributed by atoms with Crippen molar-refractivity contribution >= 4 is 23.1 Å². The van der Waals surface area contributed by atoms with Gasteiger partial charge in [-0.25, -0.2) is 9.97 Å². The molecule has 0 aliphatic carbocycles. The van der Waals surface area contributed by atoms with Crippen LogP contribution in [0.15, 0.2) is 30.6 Å². The number of rotatable bonds is 2. The molecule has 92 valence electrons. The lowest BCUT2D eigenvalue weighted by atomic mass is 10.1. The number of nitrogens with zero attached hydrogens (tertiary/aromatic N) is 2. The third-order valence-electron chi connectivity index (χ3n) is 2.96. The summed E-state index contributed by atoms with van der Waals surface area (Å²) in [6.07, 6.45) is 2.55. The fourth-order valence-corrected chi connectivity index (χ4v) is 2.27. The van der Waals surface area contributed by atoms with Gasteiger partial charge in [-0.1, -0.05) is 17.7 Å². The summed E-state index contributed by atoms with van der Waals surface area (Å²) in [6, 6.07) is 7.61. The number of benzene rings is 1. The van der Waals surface area contributed by atoms with Crippen molar-refractivity contribution in [3.63, 3.8) is 0 Å². The van der Waals surface area contributed by atoms with Crippen LogP contribution in [-0.4, -0.2) is 16.5 Å². The van der Waals surface area contributed by atoms with Gasteiger partial charge >= 0.3 is 0 Å². The number of fused-ring (bicyclic) bond motifs is 1. The zero-order chi connectivity index (χ0) is 12.4. The van der Waals surface area contributed by atoms with Crippen LogP contribution in [0.5, 0.6) is 0 Å². The number of hydrogen-bond donors (Lipinski definition) is 2. The molecule has 4 nitrogen and oxygen atoms in total. The van der Waals surface area contributed by atoms with Crippen molar-refractivity contribution in [3.05, 3.63) is 46.9 Å². The van der Waals surface area contributed by atoms with Gasteiger partial charge in [-0.05, 0) is 18.2 Å². The van der Waals surface area contributed by atoms with Gasteiger partial charge in [-0.3, -0.25) is 0 Å². The van der Waals surface area contributed by atoms with E-state index in [1.54, 1.807) is 6.33 Å². The lowest BCUT2D eigenvalue weighted by molar-refractivity contribution is 0.628. The van der Waals surface area contributed by atoms with Crippen LogP contribution in [0.2, 0.25) is 5.02 Å². The highest BCUT2D eigenvalue weighted by atomic mass is 35.5. The van der Waals surface area contributed by atoms with Crippen molar-refractivity contribution in [1.82, 2.24) is 15.3 Å². The molecule has 18 heavy (non-hydrogen) atoms. The minimum absolute atomic E-state index is 0.709. The molecule has 1 aromatic heterocycles. The molecule has 1 aromatic carbocycles. The largest absolute Gasteiger partial charge is 0.340 e. The second kappa shape index (κ2) is 4.92. The van der Waals surface area contributed by atoms with E-state index in [9.17, 15) is 0 Å². The van der Waals surface area contributed by atoms with E-state index in [1.165, 1.54) is 0 Å². The molecule has 2 heterocycles. The van der Waals surface area contributed by atoms with Crippen molar-refractivity contribution in [2.24, 2.45) is 0 Å². The van der Waals surface area contributed by atoms with Crippen LogP contribution in [0, 0.1) is 0 Å². The van der Waals surface area contributed by atoms with Crippen molar-refractivity contribution in [2.45, 2.75) is 13.0 Å². The first-order chi connectivity index (χ1) is 8.83. The number of aromatic nitrogens is 2. The van der Waals surface area contributed by atoms with E-state index in [2.05, 4.69) is 20.6 Å². The van der Waals surface area contributed by atoms with E-state index >= 15 is 0 Å². The normalized spacial score (nSPS) is 14.1. The number of nitrogens with one attached hydrogen (secondary N) is 2. The van der Waals surface area contributed by atoms with Gasteiger partial charge in [0.1, 0.15) is 12.1 Å². The zero-order valence-electron chi connectivity index (χ0n) is 9.78. The lowest BCUT2D eigenvalue weighted by Crippen LogP contribution is -2.25. The summed E-state index contributed by atoms with van der Waals surface area (Å²) in [5, 5.41) is 7.34. The molecule has 0 fully saturated rings. The van der Waals surface area contributed by atoms with E-state index in [-0.39, 0.29) is 0 Å². The summed E-state index contributed by atoms with van der Waals surface area (Å²) in [5.74, 6) is 0.856. The number of anilines is 2. The van der Waals surface area contributed by atoms with Crippen molar-refractivity contribution < 1.29 is 0 Å². The molecule has 0 unspecified atom stereocenters. The molecule has 2 aromatic rings. The first kappa shape index (κ1) is 11.4. The second-order valence-electron chi connectivity index (χ2n) is 4.21. The Bertz CT molecular complexity index is 571. The third-order valence-corrected chi connectivity index (χ3v) is 3.20. The number of hydrogen-bond acceptors (Lipinski definition) is 4. The SMILES string of the molecule is Clc1cccc(Nc2ncnc3c2CNCC3)c1. The Balaban J connectivity index is 1.93. The van der Waals surface area contributed by atoms with Gasteiger partial charge < -0.3 is 10.6 Å². The number of halogens is 1. The molecule has 0 radical (unpaired) electrons. The smallest absolute Gasteiger partial charge is 0.138 e. The van der Waals surface area contributed by atoms with E-state index in [0.717, 1.165) is 42.3 Å². The summed E-state index contributed by atoms with van der Waals surface area (Å²) in [5.41, 5.74) is 3.20. The molecule has 0 saturated heterocycles. The van der Waals surface area contributed by atoms with Crippen LogP contribution in [0.1, 0.15) is 11.3 Å². The molecule has 5 heteroatoms. The first-order valence-corrected chi connectivity index (χ1v) is 6.27. The maximum atomic E-state index is 5.97. The van der Waals surface area contributed by atoms with Gasteiger partial charge in [-0.2, -0.15) is 0 Å². The molecular formula is C13H13ClN4. The van der Waals surface area contributed by atoms with Crippen LogP contribution in [-0.2, 0) is 13.0 Å². The summed E-state index contributed by atoms with van der Waals surface area (Å²) in [4.78, 5) is 8.63. The molecule has 0 saturated carbocycles. The van der Waals surface area contributed by atoms with Gasteiger partial charge in [0.2, 0.25) is 0 Å². The highest BCUT2D eigenvalue weighted by molar-refractivity contribution is 6.30. The van der Waals surface area contributed by atoms with E-state index in [0.29, 0.717) is 5.02 Å². The fraction of sp³-hybridized carbons (Fsp3) is 0.231. The second-order valence-corrected chi connectivity index (χ2v) is 4.65. The maximum absolute atomic E-state index is 5.97. The summed E-state index contributed by atoms with van der Waals surface area (Å²) in [7, 11) is 0. The Morgan fingerprint density at radius 3 is 3.11 bits per heavy atom. The molecule has 0 atom stereocenters. The predicted molar refractivity (Wildman–Crippen MR) is 72.2 cm³/mol. The standard InChI is InChI=1S/C13H13ClN4/c14-9-2-1-3-10(6-9)18-13-11-7-15-5-4-12(11)16-8-17-13/h1-3,6,8,15H,4-5,7H2,(H,16,17,18). The van der Waals surface area contributed by atoms with Gasteiger partial charge in [0.15, 0.2) is 0 Å². The summed E-state index contributed by atoms with van der Waals surface area (Å²) >= 11 is 5.97. The van der Waals surface area contributed by atoms with Crippen molar-refractivity contribution in [2.75, 3.05) is 11.9 Å². The average molecular weight is 261 g/mol. The van der Waals surface area contributed by atoms with E-state index < -0.39 is 0 Å². The van der Waals surface area contributed by atoms with Crippen LogP contribution in [0.4, 0.5) is 11.5 Å². The first-order valence-electron chi connectivity index (χ1n) is 5.89. The predicted octanol–water partition coefficient (Wildman–Crippen LogP) is 2.52. The summed E-state index contributed by atoms with van der Waals surface area (Å²) in [6.45, 7) is 1.78. The van der Waals surface area contributed by atoms with Crippen LogP contribution >= 0.6 is 11.6 Å². The highest BCUT2D eigenvalue weighted by Gasteiger charge is 2.14. The fourth-order valence-electron chi connectivity index (χ4n) is 2.08. The van der Waals surface area contributed by atoms with Crippen molar-refractivity contribution in [1.29, 1.82) is 0 Å². The van der Waals surface area contributed by atoms with Gasteiger partial charge in [-0.15, -0.1) is 0 Å². The van der Waals surface area contributed by atoms with Crippen LogP contribution < -0.4 is 10.6 Å². The molecule has 2 N–H and O–H groups in total. The van der Waals surface area contributed by atoms with Gasteiger partial charge in [0, 0.05) is 35.8 Å². The summed E-state index contributed by atoms with van der Waals surface area (Å²) < 4.78 is 0. The third kappa shape index (κ3) is 2.30. The molecular weight excluding hydrogens is 248 g/mol. The Morgan fingerprint density at radius 1 is 1.28 bits per heavy atom. The van der Waals surface area contributed by atoms with Gasteiger partial charge in [0.05, 0.1) is 5.69 Å². The average Bonchev–Trinajstić information content (AvgIpc) is 2.39. The molecule has 3 rings (SSSR count). The molecule has 1 aliphatic heterocycles. The quantitative estimate of drug-likeness (QED) is 0.871. The Hall–Kier alpha value is -1.65. The van der Waals surface area contributed by atoms with Crippen LogP contribution in [0.25, 0.3) is 0 Å². The molecule has 1 aliphatic rings. The maximum Gasteiger partial charge on any atom is 0.138 e. The molecule has 0 amide bonds. The monoisotopic (exact) mass is 260 g/mol. The molecule has 0 bridgehead atoms. The van der Waals surface area contributed by atoms with Crippen molar-refractivity contribution in [3.8, 4) is 0 Å². The Kier molecular flexibility index (Phi) is 3.13. The lowest BCUT2D eigenvalue weighted by Gasteiger charge is -2.19. The zero-order valence-corrected chi connectivity index (χ0v) is 10.5. The highest BCUT2D eigenvalue weighted by Crippen LogP contribution is 2.23. The van der Waals surface area contributed by atoms with E-state index in [4.69, 9.17) is 11.6 Å².